The number of sulfonamides is 1. The third kappa shape index (κ3) is 5.14. The van der Waals surface area contributed by atoms with Crippen LogP contribution in [0.25, 0.3) is 0 Å². The first-order valence-electron chi connectivity index (χ1n) is 8.32. The van der Waals surface area contributed by atoms with Gasteiger partial charge in [-0.3, -0.25) is 9.52 Å². The van der Waals surface area contributed by atoms with Crippen LogP contribution in [0.5, 0.6) is 0 Å². The molecule has 0 spiro atoms. The van der Waals surface area contributed by atoms with E-state index in [4.69, 9.17) is 0 Å². The zero-order valence-electron chi connectivity index (χ0n) is 14.8. The number of benzene rings is 3. The van der Waals surface area contributed by atoms with Gasteiger partial charge in [-0.1, -0.05) is 24.3 Å². The number of carbonyl (C=O) groups excluding carboxylic acids is 1. The van der Waals surface area contributed by atoms with Crippen molar-refractivity contribution in [1.82, 2.24) is 0 Å². The minimum atomic E-state index is -4.58. The fraction of sp³-hybridized carbons (Fsp3) is 0.0500. The summed E-state index contributed by atoms with van der Waals surface area (Å²) in [5.74, 6) is -0.358. The molecule has 150 valence electrons. The zero-order chi connectivity index (χ0) is 21.1. The van der Waals surface area contributed by atoms with E-state index < -0.39 is 21.8 Å². The fourth-order valence-corrected chi connectivity index (χ4v) is 3.53. The highest BCUT2D eigenvalue weighted by Crippen LogP contribution is 2.31. The topological polar surface area (TPSA) is 75.3 Å². The second-order valence-corrected chi connectivity index (χ2v) is 7.71. The molecule has 5 nitrogen and oxygen atoms in total. The molecule has 0 unspecified atom stereocenters. The van der Waals surface area contributed by atoms with E-state index in [1.165, 1.54) is 30.3 Å². The summed E-state index contributed by atoms with van der Waals surface area (Å²) in [5.41, 5.74) is -0.356. The SMILES string of the molecule is O=C(Nc1ccc(S(=O)(=O)Nc2cccc(C(F)(F)F)c2)cc1)c1ccccc1. The van der Waals surface area contributed by atoms with Gasteiger partial charge < -0.3 is 5.32 Å². The molecular formula is C20H15F3N2O3S. The summed E-state index contributed by atoms with van der Waals surface area (Å²) in [5, 5.41) is 2.63. The molecule has 0 saturated heterocycles. The number of anilines is 2. The molecule has 0 fully saturated rings. The van der Waals surface area contributed by atoms with Crippen LogP contribution < -0.4 is 10.0 Å². The van der Waals surface area contributed by atoms with Crippen molar-refractivity contribution in [3.63, 3.8) is 0 Å². The van der Waals surface area contributed by atoms with Crippen LogP contribution in [0.4, 0.5) is 24.5 Å². The molecule has 0 aliphatic heterocycles. The molecule has 0 heterocycles. The van der Waals surface area contributed by atoms with E-state index in [-0.39, 0.29) is 16.5 Å². The molecule has 0 radical (unpaired) electrons. The van der Waals surface area contributed by atoms with E-state index in [9.17, 15) is 26.4 Å². The van der Waals surface area contributed by atoms with Crippen LogP contribution in [0.2, 0.25) is 0 Å². The summed E-state index contributed by atoms with van der Waals surface area (Å²) >= 11 is 0. The second kappa shape index (κ2) is 7.96. The lowest BCUT2D eigenvalue weighted by atomic mass is 10.2. The van der Waals surface area contributed by atoms with Crippen molar-refractivity contribution in [2.24, 2.45) is 0 Å². The number of halogens is 3. The number of carbonyl (C=O) groups is 1. The van der Waals surface area contributed by atoms with Gasteiger partial charge in [-0.2, -0.15) is 13.2 Å². The standard InChI is InChI=1S/C20H15F3N2O3S/c21-20(22,23)15-7-4-8-17(13-15)25-29(27,28)18-11-9-16(10-12-18)24-19(26)14-5-2-1-3-6-14/h1-13,25H,(H,24,26). The predicted molar refractivity (Wildman–Crippen MR) is 103 cm³/mol. The predicted octanol–water partition coefficient (Wildman–Crippen LogP) is 4.76. The normalized spacial score (nSPS) is 11.7. The van der Waals surface area contributed by atoms with Gasteiger partial charge in [0, 0.05) is 16.9 Å². The minimum absolute atomic E-state index is 0.160. The Kier molecular flexibility index (Phi) is 5.60. The van der Waals surface area contributed by atoms with Gasteiger partial charge in [0.25, 0.3) is 15.9 Å². The Morgan fingerprint density at radius 2 is 1.45 bits per heavy atom. The van der Waals surface area contributed by atoms with Crippen molar-refractivity contribution < 1.29 is 26.4 Å². The Morgan fingerprint density at radius 1 is 0.793 bits per heavy atom. The number of amides is 1. The third-order valence-corrected chi connectivity index (χ3v) is 5.30. The molecule has 29 heavy (non-hydrogen) atoms. The molecule has 0 saturated carbocycles. The van der Waals surface area contributed by atoms with Crippen molar-refractivity contribution >= 4 is 27.3 Å². The van der Waals surface area contributed by atoms with Crippen molar-refractivity contribution in [2.75, 3.05) is 10.0 Å². The van der Waals surface area contributed by atoms with E-state index in [0.717, 1.165) is 12.1 Å². The number of alkyl halides is 3. The van der Waals surface area contributed by atoms with Gasteiger partial charge in [-0.05, 0) is 54.6 Å². The molecule has 0 bridgehead atoms. The van der Waals surface area contributed by atoms with Crippen molar-refractivity contribution in [3.05, 3.63) is 90.0 Å². The Bertz CT molecular complexity index is 1110. The Hall–Kier alpha value is -3.33. The maximum Gasteiger partial charge on any atom is 0.416 e. The molecule has 3 rings (SSSR count). The van der Waals surface area contributed by atoms with Gasteiger partial charge in [0.05, 0.1) is 10.5 Å². The Morgan fingerprint density at radius 3 is 2.07 bits per heavy atom. The van der Waals surface area contributed by atoms with Crippen LogP contribution in [0, 0.1) is 0 Å². The van der Waals surface area contributed by atoms with Crippen LogP contribution in [-0.2, 0) is 16.2 Å². The molecule has 0 atom stereocenters. The molecule has 0 aliphatic rings. The monoisotopic (exact) mass is 420 g/mol. The molecule has 0 aromatic heterocycles. The van der Waals surface area contributed by atoms with Gasteiger partial charge in [-0.15, -0.1) is 0 Å². The van der Waals surface area contributed by atoms with Crippen LogP contribution in [-0.4, -0.2) is 14.3 Å². The van der Waals surface area contributed by atoms with Crippen molar-refractivity contribution in [2.45, 2.75) is 11.1 Å². The van der Waals surface area contributed by atoms with Crippen molar-refractivity contribution in [1.29, 1.82) is 0 Å². The van der Waals surface area contributed by atoms with Gasteiger partial charge >= 0.3 is 6.18 Å². The maximum atomic E-state index is 12.8. The fourth-order valence-electron chi connectivity index (χ4n) is 2.48. The summed E-state index contributed by atoms with van der Waals surface area (Å²) in [6.07, 6.45) is -4.58. The largest absolute Gasteiger partial charge is 0.416 e. The van der Waals surface area contributed by atoms with Crippen LogP contribution in [0.3, 0.4) is 0 Å². The van der Waals surface area contributed by atoms with Crippen LogP contribution >= 0.6 is 0 Å². The quantitative estimate of drug-likeness (QED) is 0.625. The Balaban J connectivity index is 1.74. The lowest BCUT2D eigenvalue weighted by Crippen LogP contribution is -2.15. The lowest BCUT2D eigenvalue weighted by molar-refractivity contribution is -0.137. The van der Waals surface area contributed by atoms with E-state index in [1.54, 1.807) is 30.3 Å². The van der Waals surface area contributed by atoms with Crippen molar-refractivity contribution in [3.8, 4) is 0 Å². The van der Waals surface area contributed by atoms with Gasteiger partial charge in [0.1, 0.15) is 0 Å². The molecule has 2 N–H and O–H groups in total. The summed E-state index contributed by atoms with van der Waals surface area (Å²) in [4.78, 5) is 12.0. The van der Waals surface area contributed by atoms with E-state index in [2.05, 4.69) is 10.0 Å². The first-order valence-corrected chi connectivity index (χ1v) is 9.80. The highest BCUT2D eigenvalue weighted by Gasteiger charge is 2.30. The summed E-state index contributed by atoms with van der Waals surface area (Å²) < 4.78 is 65.3. The van der Waals surface area contributed by atoms with Gasteiger partial charge in [0.2, 0.25) is 0 Å². The minimum Gasteiger partial charge on any atom is -0.322 e. The highest BCUT2D eigenvalue weighted by atomic mass is 32.2. The smallest absolute Gasteiger partial charge is 0.322 e. The average molecular weight is 420 g/mol. The van der Waals surface area contributed by atoms with E-state index >= 15 is 0 Å². The summed E-state index contributed by atoms with van der Waals surface area (Å²) in [6.45, 7) is 0. The summed E-state index contributed by atoms with van der Waals surface area (Å²) in [7, 11) is -4.10. The van der Waals surface area contributed by atoms with E-state index in [0.29, 0.717) is 17.3 Å². The van der Waals surface area contributed by atoms with Crippen LogP contribution in [0.1, 0.15) is 15.9 Å². The zero-order valence-corrected chi connectivity index (χ0v) is 15.6. The average Bonchev–Trinajstić information content (AvgIpc) is 2.68. The molecule has 3 aromatic carbocycles. The molecular weight excluding hydrogens is 405 g/mol. The molecule has 3 aromatic rings. The summed E-state index contributed by atoms with van der Waals surface area (Å²) in [6, 6.07) is 17.6. The Labute approximate surface area is 165 Å². The molecule has 9 heteroatoms. The van der Waals surface area contributed by atoms with Gasteiger partial charge in [0.15, 0.2) is 0 Å². The first kappa shape index (κ1) is 20.4. The first-order chi connectivity index (χ1) is 13.6. The highest BCUT2D eigenvalue weighted by molar-refractivity contribution is 7.92. The maximum absolute atomic E-state index is 12.8. The van der Waals surface area contributed by atoms with Crippen LogP contribution in [0.15, 0.2) is 83.8 Å². The molecule has 1 amide bonds. The molecule has 0 aliphatic carbocycles. The van der Waals surface area contributed by atoms with E-state index in [1.807, 2.05) is 0 Å². The van der Waals surface area contributed by atoms with Gasteiger partial charge in [-0.25, -0.2) is 8.42 Å². The number of hydrogen-bond donors (Lipinski definition) is 2. The second-order valence-electron chi connectivity index (χ2n) is 6.03. The third-order valence-electron chi connectivity index (χ3n) is 3.90. The number of hydrogen-bond acceptors (Lipinski definition) is 3. The number of nitrogens with one attached hydrogen (secondary N) is 2. The number of rotatable bonds is 5. The lowest BCUT2D eigenvalue weighted by Gasteiger charge is -2.12.